The third-order valence-electron chi connectivity index (χ3n) is 4.79. The molecule has 7 heteroatoms. The number of nitrogens with one attached hydrogen (secondary N) is 2. The second-order valence-corrected chi connectivity index (χ2v) is 7.68. The molecule has 156 valence electrons. The standard InChI is InChI=1S/C22H28ClN3O3/c1-13-9-14(2)21(15(3)10-13)25-20(27)12-26(5)16(4)22(28)24-18-11-17(23)7-8-19(18)29-6/h7-11,16H,12H2,1-6H3,(H,24,28)(H,25,27). The number of benzene rings is 2. The average molecular weight is 418 g/mol. The summed E-state index contributed by atoms with van der Waals surface area (Å²) < 4.78 is 5.25. The molecule has 0 spiro atoms. The van der Waals surface area contributed by atoms with Crippen LogP contribution in [-0.4, -0.2) is 43.5 Å². The monoisotopic (exact) mass is 417 g/mol. The van der Waals surface area contributed by atoms with Crippen molar-refractivity contribution in [2.24, 2.45) is 0 Å². The highest BCUT2D eigenvalue weighted by atomic mass is 35.5. The third-order valence-corrected chi connectivity index (χ3v) is 5.03. The van der Waals surface area contributed by atoms with Gasteiger partial charge in [-0.1, -0.05) is 29.3 Å². The van der Waals surface area contributed by atoms with Gasteiger partial charge in [-0.2, -0.15) is 0 Å². The van der Waals surface area contributed by atoms with Gasteiger partial charge in [-0.3, -0.25) is 14.5 Å². The number of carbonyl (C=O) groups excluding carboxylic acids is 2. The number of likely N-dealkylation sites (N-methyl/N-ethyl adjacent to an activating group) is 1. The van der Waals surface area contributed by atoms with Crippen molar-refractivity contribution >= 4 is 34.8 Å². The van der Waals surface area contributed by atoms with E-state index in [-0.39, 0.29) is 18.4 Å². The van der Waals surface area contributed by atoms with Gasteiger partial charge in [-0.05, 0) is 64.1 Å². The van der Waals surface area contributed by atoms with Crippen LogP contribution in [0.1, 0.15) is 23.6 Å². The average Bonchev–Trinajstić information content (AvgIpc) is 2.64. The molecule has 2 aromatic rings. The molecule has 0 aliphatic carbocycles. The van der Waals surface area contributed by atoms with E-state index in [0.717, 1.165) is 22.4 Å². The molecule has 29 heavy (non-hydrogen) atoms. The van der Waals surface area contributed by atoms with Crippen molar-refractivity contribution in [1.82, 2.24) is 4.90 Å². The lowest BCUT2D eigenvalue weighted by Crippen LogP contribution is -2.43. The van der Waals surface area contributed by atoms with Crippen LogP contribution in [0.5, 0.6) is 5.75 Å². The third kappa shape index (κ3) is 5.95. The predicted molar refractivity (Wildman–Crippen MR) is 118 cm³/mol. The van der Waals surface area contributed by atoms with Crippen LogP contribution in [0.2, 0.25) is 5.02 Å². The summed E-state index contributed by atoms with van der Waals surface area (Å²) in [5, 5.41) is 6.26. The number of hydrogen-bond acceptors (Lipinski definition) is 4. The molecule has 2 N–H and O–H groups in total. The van der Waals surface area contributed by atoms with E-state index in [9.17, 15) is 9.59 Å². The van der Waals surface area contributed by atoms with E-state index in [2.05, 4.69) is 10.6 Å². The van der Waals surface area contributed by atoms with Crippen LogP contribution in [0, 0.1) is 20.8 Å². The normalized spacial score (nSPS) is 11.9. The Morgan fingerprint density at radius 3 is 2.31 bits per heavy atom. The molecule has 0 saturated heterocycles. The highest BCUT2D eigenvalue weighted by Crippen LogP contribution is 2.28. The molecule has 2 aromatic carbocycles. The second-order valence-electron chi connectivity index (χ2n) is 7.25. The van der Waals surface area contributed by atoms with E-state index >= 15 is 0 Å². The minimum Gasteiger partial charge on any atom is -0.495 e. The Bertz CT molecular complexity index is 891. The van der Waals surface area contributed by atoms with Crippen molar-refractivity contribution in [2.45, 2.75) is 33.7 Å². The van der Waals surface area contributed by atoms with Crippen LogP contribution in [0.4, 0.5) is 11.4 Å². The van der Waals surface area contributed by atoms with Crippen LogP contribution in [0.25, 0.3) is 0 Å². The van der Waals surface area contributed by atoms with Gasteiger partial charge < -0.3 is 15.4 Å². The van der Waals surface area contributed by atoms with Crippen molar-refractivity contribution in [3.8, 4) is 5.75 Å². The molecule has 0 heterocycles. The summed E-state index contributed by atoms with van der Waals surface area (Å²) in [5.74, 6) is 0.0757. The maximum Gasteiger partial charge on any atom is 0.241 e. The zero-order valence-corrected chi connectivity index (χ0v) is 18.5. The summed E-state index contributed by atoms with van der Waals surface area (Å²) in [4.78, 5) is 26.8. The lowest BCUT2D eigenvalue weighted by atomic mass is 10.1. The summed E-state index contributed by atoms with van der Waals surface area (Å²) in [5.41, 5.74) is 4.47. The van der Waals surface area contributed by atoms with E-state index < -0.39 is 6.04 Å². The van der Waals surface area contributed by atoms with Crippen LogP contribution < -0.4 is 15.4 Å². The maximum absolute atomic E-state index is 12.6. The van der Waals surface area contributed by atoms with Crippen molar-refractivity contribution < 1.29 is 14.3 Å². The van der Waals surface area contributed by atoms with Crippen LogP contribution in [-0.2, 0) is 9.59 Å². The molecular formula is C22H28ClN3O3. The lowest BCUT2D eigenvalue weighted by Gasteiger charge is -2.24. The van der Waals surface area contributed by atoms with Crippen LogP contribution >= 0.6 is 11.6 Å². The van der Waals surface area contributed by atoms with Crippen LogP contribution in [0.3, 0.4) is 0 Å². The van der Waals surface area contributed by atoms with Crippen LogP contribution in [0.15, 0.2) is 30.3 Å². The Balaban J connectivity index is 2.01. The number of methoxy groups -OCH3 is 1. The summed E-state index contributed by atoms with van der Waals surface area (Å²) in [6, 6.07) is 8.52. The van der Waals surface area contributed by atoms with Crippen molar-refractivity contribution in [2.75, 3.05) is 31.3 Å². The summed E-state index contributed by atoms with van der Waals surface area (Å²) in [6.45, 7) is 7.77. The molecule has 2 amide bonds. The van der Waals surface area contributed by atoms with Gasteiger partial charge >= 0.3 is 0 Å². The number of aryl methyl sites for hydroxylation is 3. The SMILES string of the molecule is COc1ccc(Cl)cc1NC(=O)C(C)N(C)CC(=O)Nc1c(C)cc(C)cc1C. The topological polar surface area (TPSA) is 70.7 Å². The fourth-order valence-electron chi connectivity index (χ4n) is 3.13. The summed E-state index contributed by atoms with van der Waals surface area (Å²) in [6.07, 6.45) is 0. The molecule has 6 nitrogen and oxygen atoms in total. The number of ether oxygens (including phenoxy) is 1. The molecule has 1 unspecified atom stereocenters. The predicted octanol–water partition coefficient (Wildman–Crippen LogP) is 4.17. The molecule has 0 saturated carbocycles. The quantitative estimate of drug-likeness (QED) is 0.709. The van der Waals surface area contributed by atoms with Crippen molar-refractivity contribution in [3.05, 3.63) is 52.0 Å². The Hall–Kier alpha value is -2.57. The smallest absolute Gasteiger partial charge is 0.241 e. The largest absolute Gasteiger partial charge is 0.495 e. The maximum atomic E-state index is 12.6. The first-order chi connectivity index (χ1) is 13.6. The van der Waals surface area contributed by atoms with E-state index in [4.69, 9.17) is 16.3 Å². The van der Waals surface area contributed by atoms with E-state index in [1.54, 1.807) is 37.1 Å². The highest BCUT2D eigenvalue weighted by molar-refractivity contribution is 6.31. The lowest BCUT2D eigenvalue weighted by molar-refractivity contribution is -0.122. The number of halogens is 1. The molecule has 0 fully saturated rings. The Morgan fingerprint density at radius 2 is 1.72 bits per heavy atom. The van der Waals surface area contributed by atoms with Crippen molar-refractivity contribution in [1.29, 1.82) is 0 Å². The first kappa shape index (κ1) is 22.7. The fourth-order valence-corrected chi connectivity index (χ4v) is 3.31. The zero-order valence-electron chi connectivity index (χ0n) is 17.7. The number of rotatable bonds is 7. The first-order valence-corrected chi connectivity index (χ1v) is 9.72. The molecule has 0 aromatic heterocycles. The molecule has 0 radical (unpaired) electrons. The van der Waals surface area contributed by atoms with Gasteiger partial charge in [-0.15, -0.1) is 0 Å². The summed E-state index contributed by atoms with van der Waals surface area (Å²) in [7, 11) is 3.25. The van der Waals surface area contributed by atoms with Gasteiger partial charge in [0, 0.05) is 10.7 Å². The number of anilines is 2. The number of hydrogen-bond donors (Lipinski definition) is 2. The second kappa shape index (κ2) is 9.76. The first-order valence-electron chi connectivity index (χ1n) is 9.34. The van der Waals surface area contributed by atoms with Gasteiger partial charge in [0.25, 0.3) is 0 Å². The van der Waals surface area contributed by atoms with Gasteiger partial charge in [0.05, 0.1) is 25.4 Å². The molecular weight excluding hydrogens is 390 g/mol. The van der Waals surface area contributed by atoms with Gasteiger partial charge in [0.1, 0.15) is 5.75 Å². The fraction of sp³-hybridized carbons (Fsp3) is 0.364. The number of carbonyl (C=O) groups is 2. The van der Waals surface area contributed by atoms with Gasteiger partial charge in [0.15, 0.2) is 0 Å². The van der Waals surface area contributed by atoms with Gasteiger partial charge in [0.2, 0.25) is 11.8 Å². The van der Waals surface area contributed by atoms with E-state index in [1.807, 2.05) is 32.9 Å². The minimum atomic E-state index is -0.537. The molecule has 2 rings (SSSR count). The molecule has 0 aliphatic heterocycles. The molecule has 1 atom stereocenters. The summed E-state index contributed by atoms with van der Waals surface area (Å²) >= 11 is 6.01. The van der Waals surface area contributed by atoms with E-state index in [1.165, 1.54) is 7.11 Å². The molecule has 0 bridgehead atoms. The zero-order chi connectivity index (χ0) is 21.7. The Kier molecular flexibility index (Phi) is 7.65. The minimum absolute atomic E-state index is 0.0774. The Morgan fingerprint density at radius 1 is 1.10 bits per heavy atom. The molecule has 0 aliphatic rings. The Labute approximate surface area is 177 Å². The van der Waals surface area contributed by atoms with E-state index in [0.29, 0.717) is 16.5 Å². The number of nitrogens with zero attached hydrogens (tertiary/aromatic N) is 1. The van der Waals surface area contributed by atoms with Gasteiger partial charge in [-0.25, -0.2) is 0 Å². The highest BCUT2D eigenvalue weighted by Gasteiger charge is 2.22. The number of amides is 2. The van der Waals surface area contributed by atoms with Crippen molar-refractivity contribution in [3.63, 3.8) is 0 Å².